The van der Waals surface area contributed by atoms with Crippen molar-refractivity contribution < 1.29 is 0 Å². The maximum Gasteiger partial charge on any atom is 0.103 e. The monoisotopic (exact) mass is 204 g/mol. The van der Waals surface area contributed by atoms with Gasteiger partial charge in [-0.25, -0.2) is 0 Å². The topological polar surface area (TPSA) is 0 Å². The summed E-state index contributed by atoms with van der Waals surface area (Å²) in [6, 6.07) is 10.9. The maximum absolute atomic E-state index is 2.45. The molecule has 1 rings (SSSR count). The lowest BCUT2D eigenvalue weighted by Gasteiger charge is -2.18. The van der Waals surface area contributed by atoms with Crippen molar-refractivity contribution in [2.75, 3.05) is 0 Å². The third kappa shape index (κ3) is 3.15. The fourth-order valence-electron chi connectivity index (χ4n) is 1.51. The molecule has 14 heavy (non-hydrogen) atoms. The van der Waals surface area contributed by atoms with Gasteiger partial charge in [0.05, 0.1) is 0 Å². The average molecular weight is 204 g/mol. The predicted octanol–water partition coefficient (Wildman–Crippen LogP) is 3.50. The molecule has 0 saturated heterocycles. The van der Waals surface area contributed by atoms with Gasteiger partial charge in [-0.2, -0.15) is 0 Å². The summed E-state index contributed by atoms with van der Waals surface area (Å²) in [6.07, 6.45) is 4.80. The van der Waals surface area contributed by atoms with Crippen LogP contribution in [0.4, 0.5) is 0 Å². The van der Waals surface area contributed by atoms with Gasteiger partial charge in [-0.05, 0) is 6.42 Å². The number of rotatable bonds is 4. The molecule has 0 saturated carbocycles. The van der Waals surface area contributed by atoms with E-state index in [1.807, 2.05) is 0 Å². The SMILES string of the molecule is CCCC=C[Si](C)(C)c1ccccc1. The Morgan fingerprint density at radius 3 is 2.36 bits per heavy atom. The number of benzene rings is 1. The quantitative estimate of drug-likeness (QED) is 0.659. The molecule has 1 heteroatoms. The largest absolute Gasteiger partial charge is 0.103 e. The molecule has 0 unspecified atom stereocenters. The molecule has 0 bridgehead atoms. The number of allylic oxidation sites excluding steroid dienone is 1. The summed E-state index contributed by atoms with van der Waals surface area (Å²) >= 11 is 0. The molecule has 1 aromatic rings. The van der Waals surface area contributed by atoms with Crippen LogP contribution in [0.1, 0.15) is 19.8 Å². The van der Waals surface area contributed by atoms with Crippen molar-refractivity contribution in [2.45, 2.75) is 32.9 Å². The summed E-state index contributed by atoms with van der Waals surface area (Å²) in [5.74, 6) is 0. The van der Waals surface area contributed by atoms with Crippen LogP contribution in [-0.4, -0.2) is 8.07 Å². The second kappa shape index (κ2) is 5.16. The first kappa shape index (κ1) is 11.3. The predicted molar refractivity (Wildman–Crippen MR) is 67.6 cm³/mol. The van der Waals surface area contributed by atoms with E-state index in [-0.39, 0.29) is 0 Å². The van der Waals surface area contributed by atoms with Gasteiger partial charge in [-0.15, -0.1) is 0 Å². The molecule has 0 aliphatic carbocycles. The molecule has 0 nitrogen and oxygen atoms in total. The minimum absolute atomic E-state index is 1.21. The molecular formula is C13H20Si. The van der Waals surface area contributed by atoms with Crippen LogP contribution in [0.2, 0.25) is 13.1 Å². The molecule has 0 atom stereocenters. The molecular weight excluding hydrogens is 184 g/mol. The van der Waals surface area contributed by atoms with Crippen molar-refractivity contribution in [3.8, 4) is 0 Å². The summed E-state index contributed by atoms with van der Waals surface area (Å²) in [5.41, 5.74) is 2.45. The van der Waals surface area contributed by atoms with Gasteiger partial charge in [0.1, 0.15) is 8.07 Å². The molecule has 1 aromatic carbocycles. The molecule has 0 aromatic heterocycles. The lowest BCUT2D eigenvalue weighted by Crippen LogP contribution is -2.39. The maximum atomic E-state index is 2.45. The highest BCUT2D eigenvalue weighted by Crippen LogP contribution is 2.06. The van der Waals surface area contributed by atoms with Gasteiger partial charge in [0.2, 0.25) is 0 Å². The normalized spacial score (nSPS) is 12.2. The van der Waals surface area contributed by atoms with Gasteiger partial charge in [-0.1, -0.05) is 73.7 Å². The van der Waals surface area contributed by atoms with E-state index < -0.39 is 8.07 Å². The Hall–Kier alpha value is -0.823. The van der Waals surface area contributed by atoms with Gasteiger partial charge in [-0.3, -0.25) is 0 Å². The molecule has 0 fully saturated rings. The zero-order chi connectivity index (χ0) is 10.4. The summed E-state index contributed by atoms with van der Waals surface area (Å²) in [7, 11) is -1.30. The van der Waals surface area contributed by atoms with E-state index in [4.69, 9.17) is 0 Å². The second-order valence-electron chi connectivity index (χ2n) is 4.28. The first-order chi connectivity index (χ1) is 6.67. The van der Waals surface area contributed by atoms with Crippen LogP contribution in [-0.2, 0) is 0 Å². The van der Waals surface area contributed by atoms with E-state index in [1.165, 1.54) is 18.0 Å². The van der Waals surface area contributed by atoms with Crippen LogP contribution >= 0.6 is 0 Å². The lowest BCUT2D eigenvalue weighted by molar-refractivity contribution is 0.959. The minimum atomic E-state index is -1.30. The molecule has 0 aliphatic heterocycles. The number of hydrogen-bond donors (Lipinski definition) is 0. The Morgan fingerprint density at radius 1 is 1.14 bits per heavy atom. The van der Waals surface area contributed by atoms with Crippen molar-refractivity contribution in [1.29, 1.82) is 0 Å². The van der Waals surface area contributed by atoms with Crippen molar-refractivity contribution in [1.82, 2.24) is 0 Å². The van der Waals surface area contributed by atoms with Crippen molar-refractivity contribution in [3.05, 3.63) is 42.1 Å². The number of unbranched alkanes of at least 4 members (excludes halogenated alkanes) is 1. The molecule has 0 radical (unpaired) electrons. The molecule has 0 N–H and O–H groups in total. The van der Waals surface area contributed by atoms with Gasteiger partial charge < -0.3 is 0 Å². The van der Waals surface area contributed by atoms with Crippen molar-refractivity contribution in [2.24, 2.45) is 0 Å². The van der Waals surface area contributed by atoms with Crippen molar-refractivity contribution >= 4 is 13.3 Å². The zero-order valence-corrected chi connectivity index (χ0v) is 10.5. The Labute approximate surface area is 88.7 Å². The average Bonchev–Trinajstić information content (AvgIpc) is 2.19. The summed E-state index contributed by atoms with van der Waals surface area (Å²) in [5, 5.41) is 1.52. The molecule has 0 heterocycles. The van der Waals surface area contributed by atoms with Crippen LogP contribution in [0.3, 0.4) is 0 Å². The van der Waals surface area contributed by atoms with Crippen LogP contribution in [0, 0.1) is 0 Å². The van der Waals surface area contributed by atoms with Gasteiger partial charge >= 0.3 is 0 Å². The Morgan fingerprint density at radius 2 is 1.79 bits per heavy atom. The highest BCUT2D eigenvalue weighted by Gasteiger charge is 2.18. The molecule has 0 aliphatic rings. The van der Waals surface area contributed by atoms with E-state index in [2.05, 4.69) is 62.1 Å². The highest BCUT2D eigenvalue weighted by molar-refractivity contribution is 6.93. The minimum Gasteiger partial charge on any atom is -0.0943 e. The second-order valence-corrected chi connectivity index (χ2v) is 8.63. The molecule has 0 spiro atoms. The van der Waals surface area contributed by atoms with E-state index >= 15 is 0 Å². The summed E-state index contributed by atoms with van der Waals surface area (Å²) < 4.78 is 0. The Balaban J connectivity index is 2.75. The molecule has 76 valence electrons. The van der Waals surface area contributed by atoms with Gasteiger partial charge in [0.15, 0.2) is 0 Å². The summed E-state index contributed by atoms with van der Waals surface area (Å²) in [4.78, 5) is 0. The smallest absolute Gasteiger partial charge is 0.0943 e. The van der Waals surface area contributed by atoms with E-state index in [1.54, 1.807) is 0 Å². The van der Waals surface area contributed by atoms with E-state index in [9.17, 15) is 0 Å². The standard InChI is InChI=1S/C13H20Si/c1-4-5-9-12-14(2,3)13-10-7-6-8-11-13/h6-12H,4-5H2,1-3H3. The fraction of sp³-hybridized carbons (Fsp3) is 0.385. The first-order valence-corrected chi connectivity index (χ1v) is 8.48. The summed E-state index contributed by atoms with van der Waals surface area (Å²) in [6.45, 7) is 7.02. The third-order valence-electron chi connectivity index (χ3n) is 2.51. The van der Waals surface area contributed by atoms with E-state index in [0.29, 0.717) is 0 Å². The van der Waals surface area contributed by atoms with Crippen LogP contribution in [0.5, 0.6) is 0 Å². The third-order valence-corrected chi connectivity index (χ3v) is 5.40. The number of hydrogen-bond acceptors (Lipinski definition) is 0. The van der Waals surface area contributed by atoms with Crippen LogP contribution in [0.15, 0.2) is 42.1 Å². The Kier molecular flexibility index (Phi) is 4.14. The van der Waals surface area contributed by atoms with Crippen molar-refractivity contribution in [3.63, 3.8) is 0 Å². The fourth-order valence-corrected chi connectivity index (χ4v) is 3.51. The van der Waals surface area contributed by atoms with Crippen LogP contribution in [0.25, 0.3) is 0 Å². The highest BCUT2D eigenvalue weighted by atomic mass is 28.3. The van der Waals surface area contributed by atoms with E-state index in [0.717, 1.165) is 0 Å². The zero-order valence-electron chi connectivity index (χ0n) is 9.46. The Bertz CT molecular complexity index is 285. The lowest BCUT2D eigenvalue weighted by atomic mass is 10.3. The van der Waals surface area contributed by atoms with Gasteiger partial charge in [0.25, 0.3) is 0 Å². The first-order valence-electron chi connectivity index (χ1n) is 5.40. The van der Waals surface area contributed by atoms with Gasteiger partial charge in [0, 0.05) is 0 Å². The molecule has 0 amide bonds. The van der Waals surface area contributed by atoms with Crippen LogP contribution < -0.4 is 5.19 Å².